The van der Waals surface area contributed by atoms with Gasteiger partial charge in [-0.1, -0.05) is 30.3 Å². The standard InChI is InChI=1S/C21H29N5O2/c1-23(2)21(28)25-11-9-19(10-12-25)20(27)24(3)14-18-13-22-26(16-18)15-17-7-5-4-6-8-17/h4-8,13,16,19H,9-12,14-15H2,1-3H3. The molecular weight excluding hydrogens is 354 g/mol. The molecule has 3 rings (SSSR count). The number of aromatic nitrogens is 2. The van der Waals surface area contributed by atoms with Crippen molar-refractivity contribution in [2.45, 2.75) is 25.9 Å². The number of amides is 3. The molecule has 28 heavy (non-hydrogen) atoms. The third kappa shape index (κ3) is 4.91. The third-order valence-electron chi connectivity index (χ3n) is 5.17. The summed E-state index contributed by atoms with van der Waals surface area (Å²) in [6.07, 6.45) is 5.26. The van der Waals surface area contributed by atoms with E-state index in [0.717, 1.165) is 24.9 Å². The second-order valence-corrected chi connectivity index (χ2v) is 7.66. The highest BCUT2D eigenvalue weighted by Crippen LogP contribution is 2.21. The average Bonchev–Trinajstić information content (AvgIpc) is 3.14. The van der Waals surface area contributed by atoms with Gasteiger partial charge in [-0.3, -0.25) is 9.48 Å². The van der Waals surface area contributed by atoms with E-state index in [4.69, 9.17) is 0 Å². The molecule has 3 amide bonds. The van der Waals surface area contributed by atoms with Gasteiger partial charge in [0.2, 0.25) is 5.91 Å². The van der Waals surface area contributed by atoms with Crippen LogP contribution in [0.2, 0.25) is 0 Å². The Morgan fingerprint density at radius 2 is 1.75 bits per heavy atom. The van der Waals surface area contributed by atoms with Crippen LogP contribution in [0.25, 0.3) is 0 Å². The fraction of sp³-hybridized carbons (Fsp3) is 0.476. The molecule has 1 aromatic heterocycles. The number of hydrogen-bond acceptors (Lipinski definition) is 3. The first-order valence-electron chi connectivity index (χ1n) is 9.70. The van der Waals surface area contributed by atoms with E-state index in [9.17, 15) is 9.59 Å². The van der Waals surface area contributed by atoms with Gasteiger partial charge in [-0.2, -0.15) is 5.10 Å². The van der Waals surface area contributed by atoms with Crippen LogP contribution in [0.15, 0.2) is 42.7 Å². The molecule has 0 aliphatic carbocycles. The van der Waals surface area contributed by atoms with E-state index in [1.807, 2.05) is 47.2 Å². The average molecular weight is 383 g/mol. The number of piperidine rings is 1. The molecule has 150 valence electrons. The Kier molecular flexibility index (Phi) is 6.34. The zero-order valence-electron chi connectivity index (χ0n) is 16.9. The van der Waals surface area contributed by atoms with Crippen LogP contribution in [0.1, 0.15) is 24.0 Å². The number of urea groups is 1. The second-order valence-electron chi connectivity index (χ2n) is 7.66. The van der Waals surface area contributed by atoms with Gasteiger partial charge >= 0.3 is 6.03 Å². The van der Waals surface area contributed by atoms with Crippen molar-refractivity contribution < 1.29 is 9.59 Å². The van der Waals surface area contributed by atoms with Crippen LogP contribution in [0, 0.1) is 5.92 Å². The molecule has 0 radical (unpaired) electrons. The summed E-state index contributed by atoms with van der Waals surface area (Å²) in [5.41, 5.74) is 2.22. The highest BCUT2D eigenvalue weighted by molar-refractivity contribution is 5.79. The summed E-state index contributed by atoms with van der Waals surface area (Å²) in [4.78, 5) is 30.0. The first-order valence-corrected chi connectivity index (χ1v) is 9.70. The highest BCUT2D eigenvalue weighted by Gasteiger charge is 2.29. The molecule has 7 nitrogen and oxygen atoms in total. The minimum atomic E-state index is -0.0180. The Morgan fingerprint density at radius 3 is 2.39 bits per heavy atom. The monoisotopic (exact) mass is 383 g/mol. The maximum Gasteiger partial charge on any atom is 0.319 e. The number of rotatable bonds is 5. The van der Waals surface area contributed by atoms with E-state index >= 15 is 0 Å². The Labute approximate surface area is 166 Å². The minimum absolute atomic E-state index is 0.0180. The lowest BCUT2D eigenvalue weighted by Gasteiger charge is -2.34. The van der Waals surface area contributed by atoms with Crippen molar-refractivity contribution in [2.24, 2.45) is 5.92 Å². The highest BCUT2D eigenvalue weighted by atomic mass is 16.2. The van der Waals surface area contributed by atoms with Gasteiger partial charge in [0.15, 0.2) is 0 Å². The van der Waals surface area contributed by atoms with E-state index < -0.39 is 0 Å². The lowest BCUT2D eigenvalue weighted by atomic mass is 9.95. The van der Waals surface area contributed by atoms with E-state index in [1.165, 1.54) is 5.56 Å². The van der Waals surface area contributed by atoms with Crippen LogP contribution in [0.4, 0.5) is 4.79 Å². The molecule has 0 saturated carbocycles. The van der Waals surface area contributed by atoms with Gasteiger partial charge in [0, 0.05) is 58.5 Å². The van der Waals surface area contributed by atoms with Crippen molar-refractivity contribution in [3.8, 4) is 0 Å². The molecule has 2 heterocycles. The Hall–Kier alpha value is -2.83. The molecule has 0 N–H and O–H groups in total. The molecule has 1 saturated heterocycles. The van der Waals surface area contributed by atoms with E-state index in [2.05, 4.69) is 17.2 Å². The largest absolute Gasteiger partial charge is 0.341 e. The van der Waals surface area contributed by atoms with Crippen LogP contribution in [-0.2, 0) is 17.9 Å². The zero-order valence-corrected chi connectivity index (χ0v) is 16.9. The fourth-order valence-corrected chi connectivity index (χ4v) is 3.61. The van der Waals surface area contributed by atoms with Gasteiger partial charge in [0.25, 0.3) is 0 Å². The molecule has 0 atom stereocenters. The predicted octanol–water partition coefficient (Wildman–Crippen LogP) is 2.28. The van der Waals surface area contributed by atoms with Gasteiger partial charge in [-0.25, -0.2) is 4.79 Å². The minimum Gasteiger partial charge on any atom is -0.341 e. The number of hydrogen-bond donors (Lipinski definition) is 0. The topological polar surface area (TPSA) is 61.7 Å². The lowest BCUT2D eigenvalue weighted by molar-refractivity contribution is -0.136. The summed E-state index contributed by atoms with van der Waals surface area (Å²) in [6, 6.07) is 10.2. The van der Waals surface area contributed by atoms with Crippen LogP contribution in [0.5, 0.6) is 0 Å². The first kappa shape index (κ1) is 19.9. The SMILES string of the molecule is CN(C)C(=O)N1CCC(C(=O)N(C)Cc2cnn(Cc3ccccc3)c2)CC1. The lowest BCUT2D eigenvalue weighted by Crippen LogP contribution is -2.46. The number of likely N-dealkylation sites (tertiary alicyclic amines) is 1. The van der Waals surface area contributed by atoms with Crippen LogP contribution in [0.3, 0.4) is 0 Å². The molecule has 1 aliphatic rings. The number of carbonyl (C=O) groups excluding carboxylic acids is 2. The molecule has 2 aromatic rings. The van der Waals surface area contributed by atoms with E-state index in [0.29, 0.717) is 19.6 Å². The van der Waals surface area contributed by atoms with Crippen molar-refractivity contribution in [1.29, 1.82) is 0 Å². The first-order chi connectivity index (χ1) is 13.4. The molecule has 1 fully saturated rings. The smallest absolute Gasteiger partial charge is 0.319 e. The van der Waals surface area contributed by atoms with Crippen LogP contribution >= 0.6 is 0 Å². The van der Waals surface area contributed by atoms with E-state index in [1.54, 1.807) is 23.9 Å². The van der Waals surface area contributed by atoms with Crippen molar-refractivity contribution in [3.05, 3.63) is 53.9 Å². The molecule has 0 unspecified atom stereocenters. The Morgan fingerprint density at radius 1 is 1.07 bits per heavy atom. The number of nitrogens with zero attached hydrogens (tertiary/aromatic N) is 5. The van der Waals surface area contributed by atoms with Gasteiger partial charge in [-0.05, 0) is 18.4 Å². The summed E-state index contributed by atoms with van der Waals surface area (Å²) in [7, 11) is 5.35. The normalized spacial score (nSPS) is 14.8. The molecule has 0 spiro atoms. The van der Waals surface area contributed by atoms with Crippen molar-refractivity contribution >= 4 is 11.9 Å². The summed E-state index contributed by atoms with van der Waals surface area (Å²) >= 11 is 0. The van der Waals surface area contributed by atoms with Crippen molar-refractivity contribution in [2.75, 3.05) is 34.2 Å². The van der Waals surface area contributed by atoms with Gasteiger partial charge in [0.1, 0.15) is 0 Å². The molecular formula is C21H29N5O2. The van der Waals surface area contributed by atoms with Gasteiger partial charge < -0.3 is 14.7 Å². The third-order valence-corrected chi connectivity index (χ3v) is 5.17. The second kappa shape index (κ2) is 8.91. The molecule has 1 aromatic carbocycles. The molecule has 7 heteroatoms. The van der Waals surface area contributed by atoms with E-state index in [-0.39, 0.29) is 17.9 Å². The molecule has 1 aliphatic heterocycles. The van der Waals surface area contributed by atoms with Gasteiger partial charge in [-0.15, -0.1) is 0 Å². The maximum absolute atomic E-state index is 12.8. The van der Waals surface area contributed by atoms with Crippen LogP contribution < -0.4 is 0 Å². The summed E-state index contributed by atoms with van der Waals surface area (Å²) in [5, 5.41) is 4.41. The zero-order chi connectivity index (χ0) is 20.1. The van der Waals surface area contributed by atoms with Crippen molar-refractivity contribution in [1.82, 2.24) is 24.5 Å². The summed E-state index contributed by atoms with van der Waals surface area (Å²) in [5.74, 6) is 0.128. The summed E-state index contributed by atoms with van der Waals surface area (Å²) < 4.78 is 1.90. The van der Waals surface area contributed by atoms with Crippen molar-refractivity contribution in [3.63, 3.8) is 0 Å². The summed E-state index contributed by atoms with van der Waals surface area (Å²) in [6.45, 7) is 2.54. The van der Waals surface area contributed by atoms with Gasteiger partial charge in [0.05, 0.1) is 12.7 Å². The predicted molar refractivity (Wildman–Crippen MR) is 108 cm³/mol. The number of carbonyl (C=O) groups is 2. The van der Waals surface area contributed by atoms with Crippen LogP contribution in [-0.4, -0.2) is 70.7 Å². The fourth-order valence-electron chi connectivity index (χ4n) is 3.61. The Balaban J connectivity index is 1.50. The number of benzene rings is 1. The maximum atomic E-state index is 12.8. The Bertz CT molecular complexity index is 794. The molecule has 0 bridgehead atoms. The quantitative estimate of drug-likeness (QED) is 0.796.